The van der Waals surface area contributed by atoms with Crippen LogP contribution in [0.25, 0.3) is 0 Å². The number of hydrogen-bond donors (Lipinski definition) is 1. The normalized spacial score (nSPS) is 10.7. The Hall–Kier alpha value is -1.95. The van der Waals surface area contributed by atoms with Gasteiger partial charge < -0.3 is 14.6 Å². The molecule has 6 heteroatoms. The maximum atomic E-state index is 13.5. The lowest BCUT2D eigenvalue weighted by Crippen LogP contribution is -2.06. The van der Waals surface area contributed by atoms with E-state index in [0.717, 1.165) is 12.5 Å². The van der Waals surface area contributed by atoms with Gasteiger partial charge in [-0.15, -0.1) is 0 Å². The Bertz CT molecular complexity index is 542. The lowest BCUT2D eigenvalue weighted by molar-refractivity contribution is 0.190. The Labute approximate surface area is 110 Å². The van der Waals surface area contributed by atoms with Crippen LogP contribution in [0, 0.1) is 11.6 Å². The van der Waals surface area contributed by atoms with E-state index in [-0.39, 0.29) is 5.69 Å². The van der Waals surface area contributed by atoms with Crippen LogP contribution in [0.4, 0.5) is 20.4 Å². The first-order valence-corrected chi connectivity index (χ1v) is 5.93. The molecule has 0 atom stereocenters. The summed E-state index contributed by atoms with van der Waals surface area (Å²) >= 11 is 0. The van der Waals surface area contributed by atoms with Gasteiger partial charge in [-0.05, 0) is 18.6 Å². The van der Waals surface area contributed by atoms with Gasteiger partial charge >= 0.3 is 0 Å². The van der Waals surface area contributed by atoms with Crippen molar-refractivity contribution in [2.45, 2.75) is 13.0 Å². The lowest BCUT2D eigenvalue weighted by Gasteiger charge is -2.10. The van der Waals surface area contributed by atoms with E-state index in [1.165, 1.54) is 12.1 Å². The first-order chi connectivity index (χ1) is 9.20. The van der Waals surface area contributed by atoms with Gasteiger partial charge in [0.1, 0.15) is 11.6 Å². The van der Waals surface area contributed by atoms with E-state index in [4.69, 9.17) is 4.74 Å². The van der Waals surface area contributed by atoms with Crippen molar-refractivity contribution in [2.75, 3.05) is 19.0 Å². The van der Waals surface area contributed by atoms with Crippen LogP contribution in [0.2, 0.25) is 0 Å². The molecule has 0 unspecified atom stereocenters. The van der Waals surface area contributed by atoms with Crippen LogP contribution in [-0.4, -0.2) is 23.3 Å². The Morgan fingerprint density at radius 2 is 2.21 bits per heavy atom. The van der Waals surface area contributed by atoms with Crippen LogP contribution in [-0.2, 0) is 11.3 Å². The third-order valence-corrected chi connectivity index (χ3v) is 2.64. The summed E-state index contributed by atoms with van der Waals surface area (Å²) in [5, 5.41) is 2.84. The quantitative estimate of drug-likeness (QED) is 0.818. The van der Waals surface area contributed by atoms with Crippen LogP contribution < -0.4 is 5.32 Å². The zero-order valence-electron chi connectivity index (χ0n) is 10.6. The number of benzene rings is 1. The van der Waals surface area contributed by atoms with Gasteiger partial charge in [0.25, 0.3) is 0 Å². The van der Waals surface area contributed by atoms with Crippen LogP contribution in [0.3, 0.4) is 0 Å². The Morgan fingerprint density at radius 3 is 2.95 bits per heavy atom. The van der Waals surface area contributed by atoms with Crippen molar-refractivity contribution in [3.63, 3.8) is 0 Å². The van der Waals surface area contributed by atoms with Gasteiger partial charge in [0, 0.05) is 38.7 Å². The number of methoxy groups -OCH3 is 1. The lowest BCUT2D eigenvalue weighted by atomic mass is 10.3. The molecule has 0 amide bonds. The molecule has 0 bridgehead atoms. The fraction of sp³-hybridized carbons (Fsp3) is 0.308. The molecular weight excluding hydrogens is 252 g/mol. The highest BCUT2D eigenvalue weighted by Crippen LogP contribution is 2.19. The van der Waals surface area contributed by atoms with Gasteiger partial charge in [-0.25, -0.2) is 13.8 Å². The third kappa shape index (κ3) is 3.51. The second kappa shape index (κ2) is 6.29. The molecule has 1 aromatic heterocycles. The number of rotatable bonds is 6. The topological polar surface area (TPSA) is 39.1 Å². The molecule has 0 aliphatic rings. The molecular formula is C13H15F2N3O. The molecule has 102 valence electrons. The summed E-state index contributed by atoms with van der Waals surface area (Å²) < 4.78 is 33.2. The zero-order chi connectivity index (χ0) is 13.7. The number of halogens is 2. The van der Waals surface area contributed by atoms with Crippen molar-refractivity contribution in [1.29, 1.82) is 0 Å². The Morgan fingerprint density at radius 1 is 1.37 bits per heavy atom. The van der Waals surface area contributed by atoms with Gasteiger partial charge in [0.15, 0.2) is 0 Å². The standard InChI is InChI=1S/C13H15F2N3O/c1-19-8-2-6-18-7-5-16-13(18)17-12-4-3-10(14)9-11(12)15/h3-5,7,9H,2,6,8H2,1H3,(H,16,17). The molecule has 1 heterocycles. The number of aromatic nitrogens is 2. The average molecular weight is 267 g/mol. The molecule has 4 nitrogen and oxygen atoms in total. The van der Waals surface area contributed by atoms with Gasteiger partial charge in [0.2, 0.25) is 5.95 Å². The summed E-state index contributed by atoms with van der Waals surface area (Å²) in [6.07, 6.45) is 4.24. The second-order valence-electron chi connectivity index (χ2n) is 4.04. The van der Waals surface area contributed by atoms with Gasteiger partial charge in [-0.3, -0.25) is 0 Å². The summed E-state index contributed by atoms with van der Waals surface area (Å²) in [4.78, 5) is 4.10. The second-order valence-corrected chi connectivity index (χ2v) is 4.04. The number of imidazole rings is 1. The van der Waals surface area contributed by atoms with Crippen LogP contribution >= 0.6 is 0 Å². The number of anilines is 2. The van der Waals surface area contributed by atoms with Gasteiger partial charge in [-0.2, -0.15) is 0 Å². The Balaban J connectivity index is 2.08. The molecule has 0 aliphatic heterocycles. The molecule has 0 saturated heterocycles. The van der Waals surface area contributed by atoms with Crippen molar-refractivity contribution in [1.82, 2.24) is 9.55 Å². The minimum absolute atomic E-state index is 0.195. The average Bonchev–Trinajstić information content (AvgIpc) is 2.81. The summed E-state index contributed by atoms with van der Waals surface area (Å²) in [6, 6.07) is 3.38. The molecule has 0 saturated carbocycles. The fourth-order valence-electron chi connectivity index (χ4n) is 1.70. The summed E-state index contributed by atoms with van der Waals surface area (Å²) in [5.41, 5.74) is 0.195. The first kappa shape index (κ1) is 13.5. The SMILES string of the molecule is COCCCn1ccnc1Nc1ccc(F)cc1F. The fourth-order valence-corrected chi connectivity index (χ4v) is 1.70. The Kier molecular flexibility index (Phi) is 4.46. The van der Waals surface area contributed by atoms with Crippen molar-refractivity contribution in [2.24, 2.45) is 0 Å². The highest BCUT2D eigenvalue weighted by atomic mass is 19.1. The molecule has 2 aromatic rings. The van der Waals surface area contributed by atoms with Crippen molar-refractivity contribution < 1.29 is 13.5 Å². The minimum atomic E-state index is -0.647. The largest absolute Gasteiger partial charge is 0.385 e. The van der Waals surface area contributed by atoms with Crippen LogP contribution in [0.5, 0.6) is 0 Å². The molecule has 0 aliphatic carbocycles. The molecule has 1 aromatic carbocycles. The van der Waals surface area contributed by atoms with Crippen LogP contribution in [0.1, 0.15) is 6.42 Å². The highest BCUT2D eigenvalue weighted by molar-refractivity contribution is 5.54. The van der Waals surface area contributed by atoms with Gasteiger partial charge in [0.05, 0.1) is 5.69 Å². The molecule has 1 N–H and O–H groups in total. The maximum absolute atomic E-state index is 13.5. The summed E-state index contributed by atoms with van der Waals surface area (Å²) in [5.74, 6) is -0.737. The van der Waals surface area contributed by atoms with E-state index < -0.39 is 11.6 Å². The number of nitrogens with one attached hydrogen (secondary N) is 1. The van der Waals surface area contributed by atoms with E-state index in [2.05, 4.69) is 10.3 Å². The molecule has 19 heavy (non-hydrogen) atoms. The van der Waals surface area contributed by atoms with E-state index >= 15 is 0 Å². The van der Waals surface area contributed by atoms with Crippen LogP contribution in [0.15, 0.2) is 30.6 Å². The number of aryl methyl sites for hydroxylation is 1. The highest BCUT2D eigenvalue weighted by Gasteiger charge is 2.07. The van der Waals surface area contributed by atoms with E-state index in [1.807, 2.05) is 4.57 Å². The molecule has 2 rings (SSSR count). The number of nitrogens with zero attached hydrogens (tertiary/aromatic N) is 2. The predicted molar refractivity (Wildman–Crippen MR) is 68.4 cm³/mol. The van der Waals surface area contributed by atoms with E-state index in [1.54, 1.807) is 19.5 Å². The number of ether oxygens (including phenoxy) is 1. The van der Waals surface area contributed by atoms with Gasteiger partial charge in [-0.1, -0.05) is 0 Å². The zero-order valence-corrected chi connectivity index (χ0v) is 10.6. The smallest absolute Gasteiger partial charge is 0.207 e. The molecule has 0 spiro atoms. The molecule has 0 fully saturated rings. The molecule has 0 radical (unpaired) electrons. The van der Waals surface area contributed by atoms with Crippen molar-refractivity contribution in [3.05, 3.63) is 42.2 Å². The third-order valence-electron chi connectivity index (χ3n) is 2.64. The minimum Gasteiger partial charge on any atom is -0.385 e. The predicted octanol–water partition coefficient (Wildman–Crippen LogP) is 2.94. The van der Waals surface area contributed by atoms with Crippen molar-refractivity contribution in [3.8, 4) is 0 Å². The summed E-state index contributed by atoms with van der Waals surface area (Å²) in [7, 11) is 1.64. The van der Waals surface area contributed by atoms with E-state index in [9.17, 15) is 8.78 Å². The maximum Gasteiger partial charge on any atom is 0.207 e. The van der Waals surface area contributed by atoms with Crippen molar-refractivity contribution >= 4 is 11.6 Å². The van der Waals surface area contributed by atoms with E-state index in [0.29, 0.717) is 19.1 Å². The first-order valence-electron chi connectivity index (χ1n) is 5.93. The number of hydrogen-bond acceptors (Lipinski definition) is 3. The summed E-state index contributed by atoms with van der Waals surface area (Å²) in [6.45, 7) is 1.35. The monoisotopic (exact) mass is 267 g/mol.